The first kappa shape index (κ1) is 22.6. The van der Waals surface area contributed by atoms with Crippen LogP contribution in [0.5, 0.6) is 5.75 Å². The monoisotopic (exact) mass is 448 g/mol. The molecule has 0 saturated carbocycles. The first-order valence-corrected chi connectivity index (χ1v) is 10.9. The van der Waals surface area contributed by atoms with Crippen LogP contribution in [0, 0.1) is 13.8 Å². The zero-order valence-corrected chi connectivity index (χ0v) is 19.3. The Bertz CT molecular complexity index is 1260. The predicted octanol–water partition coefficient (Wildman–Crippen LogP) is 4.25. The molecule has 2 heterocycles. The Morgan fingerprint density at radius 2 is 1.88 bits per heavy atom. The molecule has 1 saturated heterocycles. The molecule has 2 N–H and O–H groups in total. The molecule has 1 unspecified atom stereocenters. The molecule has 0 radical (unpaired) electrons. The molecule has 1 atom stereocenters. The number of aromatic nitrogens is 1. The van der Waals surface area contributed by atoms with Gasteiger partial charge in [0.1, 0.15) is 11.5 Å². The molecule has 172 valence electrons. The fraction of sp³-hybridized carbons (Fsp3) is 0.308. The van der Waals surface area contributed by atoms with Crippen LogP contribution in [-0.4, -0.2) is 54.1 Å². The number of carbonyl (C=O) groups excluding carboxylic acids is 2. The number of nitrogens with zero attached hydrogens (tertiary/aromatic N) is 1. The number of aryl methyl sites for hydroxylation is 2. The van der Waals surface area contributed by atoms with Crippen molar-refractivity contribution in [1.82, 2.24) is 9.88 Å². The van der Waals surface area contributed by atoms with Gasteiger partial charge in [-0.15, -0.1) is 0 Å². The zero-order chi connectivity index (χ0) is 23.7. The van der Waals surface area contributed by atoms with Crippen LogP contribution in [0.4, 0.5) is 0 Å². The SMILES string of the molecule is COCCCN1C(=O)C(=O)/C(=C(/O)c2ccc(OC)c(C)c2)C1c1c(C)[nH]c2ccccc12. The minimum atomic E-state index is -0.708. The number of likely N-dealkylation sites (tertiary alicyclic amines) is 1. The van der Waals surface area contributed by atoms with Gasteiger partial charge >= 0.3 is 0 Å². The van der Waals surface area contributed by atoms with Crippen LogP contribution in [0.15, 0.2) is 48.0 Å². The van der Waals surface area contributed by atoms with Crippen LogP contribution in [0.1, 0.15) is 34.8 Å². The van der Waals surface area contributed by atoms with Crippen LogP contribution >= 0.6 is 0 Å². The number of H-pyrrole nitrogens is 1. The smallest absolute Gasteiger partial charge is 0.295 e. The molecule has 1 aromatic heterocycles. The maximum absolute atomic E-state index is 13.2. The maximum atomic E-state index is 13.2. The van der Waals surface area contributed by atoms with Crippen LogP contribution in [0.2, 0.25) is 0 Å². The Balaban J connectivity index is 1.93. The predicted molar refractivity (Wildman–Crippen MR) is 126 cm³/mol. The lowest BCUT2D eigenvalue weighted by Crippen LogP contribution is -2.31. The van der Waals surface area contributed by atoms with Crippen molar-refractivity contribution in [3.63, 3.8) is 0 Å². The number of rotatable bonds is 7. The first-order valence-electron chi connectivity index (χ1n) is 10.9. The number of aliphatic hydroxyl groups excluding tert-OH is 1. The number of Topliss-reactive ketones (excluding diaryl/α,β-unsaturated/α-hetero) is 1. The Morgan fingerprint density at radius 1 is 1.12 bits per heavy atom. The number of nitrogens with one attached hydrogen (secondary N) is 1. The molecular weight excluding hydrogens is 420 g/mol. The summed E-state index contributed by atoms with van der Waals surface area (Å²) in [6, 6.07) is 12.2. The number of hydrogen-bond acceptors (Lipinski definition) is 5. The summed E-state index contributed by atoms with van der Waals surface area (Å²) in [5.41, 5.74) is 3.94. The topological polar surface area (TPSA) is 91.9 Å². The van der Waals surface area contributed by atoms with E-state index in [1.165, 1.54) is 0 Å². The summed E-state index contributed by atoms with van der Waals surface area (Å²) in [4.78, 5) is 31.3. The largest absolute Gasteiger partial charge is 0.507 e. The van der Waals surface area contributed by atoms with E-state index in [1.807, 2.05) is 38.1 Å². The standard InChI is InChI=1S/C26H28N2O5/c1-15-14-17(10-11-20(15)33-4)24(29)22-23(28(12-7-13-32-3)26(31)25(22)30)21-16(2)27-19-9-6-5-8-18(19)21/h5-6,8-11,14,23,27,29H,7,12-13H2,1-4H3/b24-22+. The molecule has 1 aliphatic heterocycles. The van der Waals surface area contributed by atoms with Crippen molar-refractivity contribution in [2.24, 2.45) is 0 Å². The summed E-state index contributed by atoms with van der Waals surface area (Å²) >= 11 is 0. The fourth-order valence-corrected chi connectivity index (χ4v) is 4.62. The second-order valence-corrected chi connectivity index (χ2v) is 8.23. The van der Waals surface area contributed by atoms with E-state index >= 15 is 0 Å². The van der Waals surface area contributed by atoms with Gasteiger partial charge in [-0.3, -0.25) is 9.59 Å². The molecule has 1 aliphatic rings. The van der Waals surface area contributed by atoms with Crippen molar-refractivity contribution < 1.29 is 24.2 Å². The van der Waals surface area contributed by atoms with Gasteiger partial charge in [-0.2, -0.15) is 0 Å². The molecule has 3 aromatic rings. The number of aliphatic hydroxyl groups is 1. The minimum absolute atomic E-state index is 0.0924. The van der Waals surface area contributed by atoms with Crippen LogP contribution < -0.4 is 4.74 Å². The number of methoxy groups -OCH3 is 2. The van der Waals surface area contributed by atoms with Crippen molar-refractivity contribution in [3.05, 3.63) is 70.4 Å². The quantitative estimate of drug-likeness (QED) is 0.244. The number of aromatic amines is 1. The molecule has 33 heavy (non-hydrogen) atoms. The number of benzene rings is 2. The molecule has 4 rings (SSSR count). The number of ketones is 1. The van der Waals surface area contributed by atoms with Crippen molar-refractivity contribution in [3.8, 4) is 5.75 Å². The third-order valence-electron chi connectivity index (χ3n) is 6.17. The van der Waals surface area contributed by atoms with Gasteiger partial charge in [-0.05, 0) is 50.1 Å². The second-order valence-electron chi connectivity index (χ2n) is 8.23. The Hall–Kier alpha value is -3.58. The van der Waals surface area contributed by atoms with Crippen LogP contribution in [0.25, 0.3) is 16.7 Å². The van der Waals surface area contributed by atoms with E-state index in [-0.39, 0.29) is 11.3 Å². The number of fused-ring (bicyclic) bond motifs is 1. The van der Waals surface area contributed by atoms with E-state index in [2.05, 4.69) is 4.98 Å². The van der Waals surface area contributed by atoms with Crippen molar-refractivity contribution >= 4 is 28.4 Å². The van der Waals surface area contributed by atoms with E-state index in [1.54, 1.807) is 37.3 Å². The highest BCUT2D eigenvalue weighted by atomic mass is 16.5. The maximum Gasteiger partial charge on any atom is 0.295 e. The van der Waals surface area contributed by atoms with E-state index in [4.69, 9.17) is 9.47 Å². The number of hydrogen-bond donors (Lipinski definition) is 2. The average molecular weight is 449 g/mol. The van der Waals surface area contributed by atoms with Gasteiger partial charge in [0.15, 0.2) is 0 Å². The molecular formula is C26H28N2O5. The molecule has 0 spiro atoms. The normalized spacial score (nSPS) is 17.8. The highest BCUT2D eigenvalue weighted by Gasteiger charge is 2.47. The number of carbonyl (C=O) groups is 2. The van der Waals surface area contributed by atoms with Gasteiger partial charge in [-0.25, -0.2) is 0 Å². The molecule has 0 bridgehead atoms. The molecule has 2 aromatic carbocycles. The third kappa shape index (κ3) is 3.89. The first-order chi connectivity index (χ1) is 15.9. The van der Waals surface area contributed by atoms with E-state index in [9.17, 15) is 14.7 Å². The molecule has 1 fully saturated rings. The van der Waals surface area contributed by atoms with Crippen molar-refractivity contribution in [2.45, 2.75) is 26.3 Å². The van der Waals surface area contributed by atoms with Gasteiger partial charge in [0.2, 0.25) is 0 Å². The third-order valence-corrected chi connectivity index (χ3v) is 6.17. The number of para-hydroxylation sites is 1. The van der Waals surface area contributed by atoms with Gasteiger partial charge < -0.3 is 24.5 Å². The lowest BCUT2D eigenvalue weighted by molar-refractivity contribution is -0.140. The van der Waals surface area contributed by atoms with Gasteiger partial charge in [-0.1, -0.05) is 18.2 Å². The molecule has 0 aliphatic carbocycles. The summed E-state index contributed by atoms with van der Waals surface area (Å²) in [5.74, 6) is -0.820. The summed E-state index contributed by atoms with van der Waals surface area (Å²) in [7, 11) is 3.18. The van der Waals surface area contributed by atoms with Crippen LogP contribution in [0.3, 0.4) is 0 Å². The molecule has 1 amide bonds. The minimum Gasteiger partial charge on any atom is -0.507 e. The summed E-state index contributed by atoms with van der Waals surface area (Å²) in [6.07, 6.45) is 0.573. The van der Waals surface area contributed by atoms with Gasteiger partial charge in [0.25, 0.3) is 11.7 Å². The van der Waals surface area contributed by atoms with Crippen LogP contribution in [-0.2, 0) is 14.3 Å². The number of ether oxygens (including phenoxy) is 2. The summed E-state index contributed by atoms with van der Waals surface area (Å²) in [5, 5.41) is 12.2. The molecule has 7 nitrogen and oxygen atoms in total. The number of amides is 1. The highest BCUT2D eigenvalue weighted by Crippen LogP contribution is 2.43. The molecule has 7 heteroatoms. The zero-order valence-electron chi connectivity index (χ0n) is 19.3. The fourth-order valence-electron chi connectivity index (χ4n) is 4.62. The Morgan fingerprint density at radius 3 is 2.58 bits per heavy atom. The van der Waals surface area contributed by atoms with Gasteiger partial charge in [0.05, 0.1) is 18.7 Å². The van der Waals surface area contributed by atoms with E-state index in [0.29, 0.717) is 30.9 Å². The van der Waals surface area contributed by atoms with E-state index in [0.717, 1.165) is 27.7 Å². The lowest BCUT2D eigenvalue weighted by atomic mass is 9.93. The van der Waals surface area contributed by atoms with Crippen molar-refractivity contribution in [1.29, 1.82) is 0 Å². The Labute approximate surface area is 192 Å². The summed E-state index contributed by atoms with van der Waals surface area (Å²) in [6.45, 7) is 4.57. The van der Waals surface area contributed by atoms with E-state index < -0.39 is 17.7 Å². The second kappa shape index (κ2) is 9.11. The van der Waals surface area contributed by atoms with Crippen molar-refractivity contribution in [2.75, 3.05) is 27.4 Å². The summed E-state index contributed by atoms with van der Waals surface area (Å²) < 4.78 is 10.5. The van der Waals surface area contributed by atoms with Gasteiger partial charge in [0, 0.05) is 48.0 Å². The Kier molecular flexibility index (Phi) is 6.24. The highest BCUT2D eigenvalue weighted by molar-refractivity contribution is 6.46. The average Bonchev–Trinajstić information content (AvgIpc) is 3.26. The lowest BCUT2D eigenvalue weighted by Gasteiger charge is -2.25.